The number of nitrogens with zero attached hydrogens (tertiary/aromatic N) is 4. The van der Waals surface area contributed by atoms with E-state index in [0.29, 0.717) is 29.6 Å². The van der Waals surface area contributed by atoms with Crippen LogP contribution < -0.4 is 0 Å². The highest BCUT2D eigenvalue weighted by molar-refractivity contribution is 7.80. The van der Waals surface area contributed by atoms with Gasteiger partial charge in [-0.25, -0.2) is 4.79 Å². The molecule has 3 rings (SSSR count). The van der Waals surface area contributed by atoms with Crippen LogP contribution in [0.15, 0.2) is 4.52 Å². The summed E-state index contributed by atoms with van der Waals surface area (Å²) in [6.07, 6.45) is 1.07. The molecule has 0 aliphatic carbocycles. The maximum Gasteiger partial charge on any atom is 0.418 e. The number of rotatable bonds is 3. The smallest absolute Gasteiger partial charge is 0.340 e. The van der Waals surface area contributed by atoms with Crippen LogP contribution in [0.3, 0.4) is 0 Å². The lowest BCUT2D eigenvalue weighted by molar-refractivity contribution is -0.0317. The number of amides is 2. The van der Waals surface area contributed by atoms with E-state index in [0.717, 1.165) is 0 Å². The zero-order chi connectivity index (χ0) is 14.5. The van der Waals surface area contributed by atoms with Gasteiger partial charge >= 0.3 is 16.4 Å². The predicted molar refractivity (Wildman–Crippen MR) is 61.4 cm³/mol. The highest BCUT2D eigenvalue weighted by Crippen LogP contribution is 2.37. The van der Waals surface area contributed by atoms with Crippen molar-refractivity contribution < 1.29 is 26.6 Å². The number of hydrogen-bond donors (Lipinski definition) is 1. The molecule has 0 saturated carbocycles. The minimum absolute atomic E-state index is 0.284. The minimum atomic E-state index is -4.73. The van der Waals surface area contributed by atoms with Gasteiger partial charge in [-0.1, -0.05) is 5.16 Å². The summed E-state index contributed by atoms with van der Waals surface area (Å²) in [6.45, 7) is 1.92. The van der Waals surface area contributed by atoms with Gasteiger partial charge in [-0.05, 0) is 12.8 Å². The second-order valence-electron chi connectivity index (χ2n) is 4.68. The van der Waals surface area contributed by atoms with Crippen molar-refractivity contribution in [3.8, 4) is 0 Å². The molecule has 1 unspecified atom stereocenters. The lowest BCUT2D eigenvalue weighted by Crippen LogP contribution is -2.35. The van der Waals surface area contributed by atoms with Crippen molar-refractivity contribution >= 4 is 16.4 Å². The second-order valence-corrected chi connectivity index (χ2v) is 5.69. The van der Waals surface area contributed by atoms with Gasteiger partial charge in [0.2, 0.25) is 5.89 Å². The van der Waals surface area contributed by atoms with Crippen LogP contribution in [0, 0.1) is 6.92 Å². The first-order valence-electron chi connectivity index (χ1n) is 5.92. The summed E-state index contributed by atoms with van der Waals surface area (Å²) < 4.78 is 39.4. The number of hydroxylamine groups is 2. The number of carbonyl (C=O) groups excluding carboxylic acids is 1. The molecule has 1 aromatic heterocycles. The Bertz CT molecular complexity index is 643. The van der Waals surface area contributed by atoms with Crippen molar-refractivity contribution in [1.29, 1.82) is 0 Å². The standard InChI is InChI=1S/C9H12N4O6S/c1-5-10-8(11-18-5)7-3-2-6-4-12(7)9(14)13(6)19-20(15,16)17/h6-7H,2-4H2,1H3,(H,15,16,17)/t6-,7?/m1/s1. The third-order valence-corrected chi connectivity index (χ3v) is 3.69. The van der Waals surface area contributed by atoms with Gasteiger partial charge in [0.1, 0.15) is 0 Å². The Morgan fingerprint density at radius 1 is 1.45 bits per heavy atom. The Morgan fingerprint density at radius 3 is 2.80 bits per heavy atom. The molecule has 2 aliphatic heterocycles. The summed E-state index contributed by atoms with van der Waals surface area (Å²) in [4.78, 5) is 17.6. The molecule has 2 amide bonds. The lowest BCUT2D eigenvalue weighted by atomic mass is 10.0. The van der Waals surface area contributed by atoms with Gasteiger partial charge in [0, 0.05) is 13.5 Å². The number of piperidine rings is 1. The van der Waals surface area contributed by atoms with E-state index < -0.39 is 22.5 Å². The van der Waals surface area contributed by atoms with Crippen LogP contribution >= 0.6 is 0 Å². The fourth-order valence-corrected chi connectivity index (χ4v) is 2.94. The van der Waals surface area contributed by atoms with E-state index in [2.05, 4.69) is 14.4 Å². The molecular formula is C9H12N4O6S. The number of fused-ring (bicyclic) bond motifs is 2. The van der Waals surface area contributed by atoms with Gasteiger partial charge in [-0.15, -0.1) is 4.28 Å². The molecule has 1 aromatic rings. The zero-order valence-corrected chi connectivity index (χ0v) is 11.3. The largest absolute Gasteiger partial charge is 0.418 e. The number of urea groups is 1. The summed E-state index contributed by atoms with van der Waals surface area (Å²) in [5.41, 5.74) is 0. The lowest BCUT2D eigenvalue weighted by Gasteiger charge is -2.27. The molecule has 0 radical (unpaired) electrons. The molecule has 10 nitrogen and oxygen atoms in total. The van der Waals surface area contributed by atoms with Gasteiger partial charge in [0.05, 0.1) is 12.1 Å². The van der Waals surface area contributed by atoms with Crippen LogP contribution in [0.4, 0.5) is 4.79 Å². The molecule has 20 heavy (non-hydrogen) atoms. The Morgan fingerprint density at radius 2 is 2.20 bits per heavy atom. The fourth-order valence-electron chi connectivity index (χ4n) is 2.55. The topological polar surface area (TPSA) is 126 Å². The predicted octanol–water partition coefficient (Wildman–Crippen LogP) is 0.0535. The van der Waals surface area contributed by atoms with Crippen LogP contribution in [-0.2, 0) is 14.7 Å². The molecule has 1 N–H and O–H groups in total. The van der Waals surface area contributed by atoms with Gasteiger partial charge in [-0.3, -0.25) is 4.55 Å². The second kappa shape index (κ2) is 4.40. The van der Waals surface area contributed by atoms with Crippen LogP contribution in [0.1, 0.15) is 30.6 Å². The SMILES string of the molecule is Cc1nc(C2CC[C@@H]3CN2C(=O)N3OS(=O)(=O)O)no1. The molecule has 2 aliphatic rings. The van der Waals surface area contributed by atoms with Gasteiger partial charge in [-0.2, -0.15) is 18.5 Å². The molecule has 3 heterocycles. The van der Waals surface area contributed by atoms with Crippen LogP contribution in [-0.4, -0.2) is 51.7 Å². The number of carbonyl (C=O) groups is 1. The Balaban J connectivity index is 1.84. The first-order chi connectivity index (χ1) is 9.35. The van der Waals surface area contributed by atoms with Crippen molar-refractivity contribution in [3.05, 3.63) is 11.7 Å². The summed E-state index contributed by atoms with van der Waals surface area (Å²) >= 11 is 0. The van der Waals surface area contributed by atoms with E-state index in [4.69, 9.17) is 9.08 Å². The number of hydrogen-bond acceptors (Lipinski definition) is 7. The first kappa shape index (κ1) is 13.3. The summed E-state index contributed by atoms with van der Waals surface area (Å²) in [5.74, 6) is 0.766. The molecule has 2 fully saturated rings. The minimum Gasteiger partial charge on any atom is -0.340 e. The molecule has 11 heteroatoms. The molecule has 2 saturated heterocycles. The summed E-state index contributed by atoms with van der Waals surface area (Å²) in [5, 5.41) is 4.47. The third-order valence-electron chi connectivity index (χ3n) is 3.34. The van der Waals surface area contributed by atoms with Crippen molar-refractivity contribution in [2.75, 3.05) is 6.54 Å². The molecular weight excluding hydrogens is 292 g/mol. The van der Waals surface area contributed by atoms with Gasteiger partial charge in [0.25, 0.3) is 0 Å². The first-order valence-corrected chi connectivity index (χ1v) is 7.29. The summed E-state index contributed by atoms with van der Waals surface area (Å²) in [7, 11) is -4.73. The fraction of sp³-hybridized carbons (Fsp3) is 0.667. The van der Waals surface area contributed by atoms with E-state index >= 15 is 0 Å². The van der Waals surface area contributed by atoms with Crippen LogP contribution in [0.25, 0.3) is 0 Å². The Hall–Kier alpha value is -1.72. The zero-order valence-electron chi connectivity index (χ0n) is 10.5. The normalized spacial score (nSPS) is 26.4. The van der Waals surface area contributed by atoms with Gasteiger partial charge < -0.3 is 9.42 Å². The summed E-state index contributed by atoms with van der Waals surface area (Å²) in [6, 6.07) is -1.45. The van der Waals surface area contributed by atoms with Crippen LogP contribution in [0.2, 0.25) is 0 Å². The van der Waals surface area contributed by atoms with Crippen molar-refractivity contribution in [3.63, 3.8) is 0 Å². The van der Waals surface area contributed by atoms with Crippen LogP contribution in [0.5, 0.6) is 0 Å². The quantitative estimate of drug-likeness (QED) is 0.776. The van der Waals surface area contributed by atoms with Crippen molar-refractivity contribution in [2.45, 2.75) is 31.8 Å². The Labute approximate surface area is 114 Å². The van der Waals surface area contributed by atoms with E-state index in [1.807, 2.05) is 0 Å². The highest BCUT2D eigenvalue weighted by Gasteiger charge is 2.48. The monoisotopic (exact) mass is 304 g/mol. The van der Waals surface area contributed by atoms with E-state index in [1.54, 1.807) is 6.92 Å². The number of aromatic nitrogens is 2. The molecule has 0 spiro atoms. The van der Waals surface area contributed by atoms with Crippen molar-refractivity contribution in [2.24, 2.45) is 0 Å². The highest BCUT2D eigenvalue weighted by atomic mass is 32.3. The average molecular weight is 304 g/mol. The molecule has 110 valence electrons. The molecule has 2 atom stereocenters. The van der Waals surface area contributed by atoms with E-state index in [1.165, 1.54) is 4.90 Å². The average Bonchev–Trinajstić information content (AvgIpc) is 2.88. The maximum atomic E-state index is 12.1. The van der Waals surface area contributed by atoms with Gasteiger partial charge in [0.15, 0.2) is 5.82 Å². The number of aryl methyl sites for hydroxylation is 1. The third kappa shape index (κ3) is 2.23. The Kier molecular flexibility index (Phi) is 2.92. The van der Waals surface area contributed by atoms with E-state index in [-0.39, 0.29) is 12.6 Å². The maximum absolute atomic E-state index is 12.1. The van der Waals surface area contributed by atoms with E-state index in [9.17, 15) is 13.2 Å². The molecule has 0 aromatic carbocycles. The van der Waals surface area contributed by atoms with Crippen molar-refractivity contribution in [1.82, 2.24) is 20.1 Å². The molecule has 2 bridgehead atoms.